The van der Waals surface area contributed by atoms with Crippen molar-refractivity contribution in [2.24, 2.45) is 0 Å². The molecule has 1 aliphatic carbocycles. The molecule has 1 aliphatic heterocycles. The molecule has 0 bridgehead atoms. The smallest absolute Gasteiger partial charge is 0.237 e. The summed E-state index contributed by atoms with van der Waals surface area (Å²) in [7, 11) is 0. The minimum atomic E-state index is 0.00403. The molecule has 0 aromatic carbocycles. The lowest BCUT2D eigenvalue weighted by Gasteiger charge is -2.39. The van der Waals surface area contributed by atoms with Gasteiger partial charge in [-0.2, -0.15) is 0 Å². The minimum absolute atomic E-state index is 0.00403. The van der Waals surface area contributed by atoms with Crippen molar-refractivity contribution < 1.29 is 4.79 Å². The van der Waals surface area contributed by atoms with Gasteiger partial charge in [-0.05, 0) is 19.8 Å². The number of amides is 1. The number of nitrogens with one attached hydrogen (secondary N) is 2. The van der Waals surface area contributed by atoms with Crippen LogP contribution in [0.15, 0.2) is 0 Å². The number of hydrogen-bond acceptors (Lipinski definition) is 2. The van der Waals surface area contributed by atoms with E-state index >= 15 is 0 Å². The van der Waals surface area contributed by atoms with E-state index in [0.29, 0.717) is 12.1 Å². The van der Waals surface area contributed by atoms with Crippen LogP contribution in [0.2, 0.25) is 0 Å². The Morgan fingerprint density at radius 3 is 2.67 bits per heavy atom. The third kappa shape index (κ3) is 1.33. The van der Waals surface area contributed by atoms with Gasteiger partial charge in [0, 0.05) is 12.1 Å². The maximum atomic E-state index is 11.3. The molecule has 68 valence electrons. The van der Waals surface area contributed by atoms with Crippen molar-refractivity contribution >= 4 is 5.91 Å². The van der Waals surface area contributed by atoms with Crippen LogP contribution in [-0.4, -0.2) is 24.0 Å². The van der Waals surface area contributed by atoms with E-state index in [4.69, 9.17) is 0 Å². The lowest BCUT2D eigenvalue weighted by molar-refractivity contribution is -0.126. The molecule has 0 spiro atoms. The van der Waals surface area contributed by atoms with Crippen molar-refractivity contribution in [2.45, 2.75) is 50.7 Å². The van der Waals surface area contributed by atoms with Crippen LogP contribution in [0.3, 0.4) is 0 Å². The van der Waals surface area contributed by atoms with Crippen LogP contribution in [0.5, 0.6) is 0 Å². The van der Waals surface area contributed by atoms with Crippen LogP contribution < -0.4 is 10.6 Å². The van der Waals surface area contributed by atoms with Crippen LogP contribution in [0.4, 0.5) is 0 Å². The van der Waals surface area contributed by atoms with E-state index in [9.17, 15) is 4.79 Å². The Labute approximate surface area is 72.9 Å². The molecule has 2 rings (SSSR count). The van der Waals surface area contributed by atoms with Gasteiger partial charge in [-0.25, -0.2) is 0 Å². The molecule has 1 amide bonds. The number of hydrogen-bond donors (Lipinski definition) is 2. The normalized spacial score (nSPS) is 41.8. The Morgan fingerprint density at radius 2 is 1.92 bits per heavy atom. The van der Waals surface area contributed by atoms with E-state index < -0.39 is 0 Å². The van der Waals surface area contributed by atoms with E-state index in [1.807, 2.05) is 6.92 Å². The van der Waals surface area contributed by atoms with Crippen molar-refractivity contribution in [2.75, 3.05) is 0 Å². The van der Waals surface area contributed by atoms with Crippen molar-refractivity contribution in [3.05, 3.63) is 0 Å². The fourth-order valence-electron chi connectivity index (χ4n) is 2.21. The molecule has 1 heterocycles. The van der Waals surface area contributed by atoms with E-state index in [0.717, 1.165) is 6.42 Å². The minimum Gasteiger partial charge on any atom is -0.350 e. The molecule has 0 aromatic rings. The first-order chi connectivity index (χ1) is 5.77. The molecular weight excluding hydrogens is 152 g/mol. The van der Waals surface area contributed by atoms with E-state index in [2.05, 4.69) is 10.6 Å². The van der Waals surface area contributed by atoms with Crippen molar-refractivity contribution in [1.29, 1.82) is 0 Å². The van der Waals surface area contributed by atoms with Gasteiger partial charge in [-0.1, -0.05) is 12.8 Å². The first-order valence-corrected chi connectivity index (χ1v) is 4.84. The zero-order chi connectivity index (χ0) is 8.55. The highest BCUT2D eigenvalue weighted by atomic mass is 16.2. The molecule has 3 unspecified atom stereocenters. The lowest BCUT2D eigenvalue weighted by Crippen LogP contribution is -2.63. The number of rotatable bonds is 0. The monoisotopic (exact) mass is 168 g/mol. The summed E-state index contributed by atoms with van der Waals surface area (Å²) in [5, 5.41) is 6.42. The third-order valence-corrected chi connectivity index (χ3v) is 2.95. The van der Waals surface area contributed by atoms with E-state index in [1.54, 1.807) is 0 Å². The number of carbonyl (C=O) groups excluding carboxylic acids is 1. The maximum Gasteiger partial charge on any atom is 0.237 e. The first kappa shape index (κ1) is 8.05. The Morgan fingerprint density at radius 1 is 1.25 bits per heavy atom. The SMILES string of the molecule is CC1NC2CCCCC2NC1=O. The molecule has 2 aliphatic rings. The van der Waals surface area contributed by atoms with E-state index in [1.165, 1.54) is 19.3 Å². The molecule has 0 radical (unpaired) electrons. The summed E-state index contributed by atoms with van der Waals surface area (Å²) < 4.78 is 0. The van der Waals surface area contributed by atoms with Gasteiger partial charge in [0.1, 0.15) is 0 Å². The average Bonchev–Trinajstić information content (AvgIpc) is 2.07. The molecule has 12 heavy (non-hydrogen) atoms. The fourth-order valence-corrected chi connectivity index (χ4v) is 2.21. The van der Waals surface area contributed by atoms with Crippen LogP contribution in [0.25, 0.3) is 0 Å². The zero-order valence-corrected chi connectivity index (χ0v) is 7.47. The van der Waals surface area contributed by atoms with Gasteiger partial charge in [0.2, 0.25) is 5.91 Å². The molecule has 3 heteroatoms. The number of fused-ring (bicyclic) bond motifs is 1. The van der Waals surface area contributed by atoms with Gasteiger partial charge in [-0.15, -0.1) is 0 Å². The molecule has 2 fully saturated rings. The second kappa shape index (κ2) is 3.05. The zero-order valence-electron chi connectivity index (χ0n) is 7.47. The quantitative estimate of drug-likeness (QED) is 0.550. The van der Waals surface area contributed by atoms with Gasteiger partial charge in [-0.3, -0.25) is 4.79 Å². The highest BCUT2D eigenvalue weighted by Crippen LogP contribution is 2.21. The third-order valence-electron chi connectivity index (χ3n) is 2.95. The molecule has 3 nitrogen and oxygen atoms in total. The van der Waals surface area contributed by atoms with Gasteiger partial charge in [0.25, 0.3) is 0 Å². The Bertz CT molecular complexity index is 193. The van der Waals surface area contributed by atoms with Crippen LogP contribution in [-0.2, 0) is 4.79 Å². The van der Waals surface area contributed by atoms with Gasteiger partial charge >= 0.3 is 0 Å². The molecule has 1 saturated heterocycles. The summed E-state index contributed by atoms with van der Waals surface area (Å²) >= 11 is 0. The van der Waals surface area contributed by atoms with Crippen molar-refractivity contribution in [3.63, 3.8) is 0 Å². The summed E-state index contributed by atoms with van der Waals surface area (Å²) in [6.45, 7) is 1.93. The Hall–Kier alpha value is -0.570. The molecular formula is C9H16N2O. The van der Waals surface area contributed by atoms with Gasteiger partial charge < -0.3 is 10.6 Å². The molecule has 0 aromatic heterocycles. The summed E-state index contributed by atoms with van der Waals surface area (Å²) in [4.78, 5) is 11.3. The topological polar surface area (TPSA) is 41.1 Å². The van der Waals surface area contributed by atoms with E-state index in [-0.39, 0.29) is 11.9 Å². The Balaban J connectivity index is 2.02. The lowest BCUT2D eigenvalue weighted by atomic mass is 9.88. The predicted octanol–water partition coefficient (Wildman–Crippen LogP) is 0.405. The summed E-state index contributed by atoms with van der Waals surface area (Å²) in [6.07, 6.45) is 4.93. The predicted molar refractivity (Wildman–Crippen MR) is 46.8 cm³/mol. The molecule has 2 N–H and O–H groups in total. The van der Waals surface area contributed by atoms with Crippen molar-refractivity contribution in [1.82, 2.24) is 10.6 Å². The highest BCUT2D eigenvalue weighted by molar-refractivity contribution is 5.82. The summed E-state index contributed by atoms with van der Waals surface area (Å²) in [5.74, 6) is 0.165. The molecule has 3 atom stereocenters. The van der Waals surface area contributed by atoms with Gasteiger partial charge in [0.15, 0.2) is 0 Å². The van der Waals surface area contributed by atoms with Crippen LogP contribution in [0.1, 0.15) is 32.6 Å². The fraction of sp³-hybridized carbons (Fsp3) is 0.889. The van der Waals surface area contributed by atoms with Gasteiger partial charge in [0.05, 0.1) is 6.04 Å². The molecule has 1 saturated carbocycles. The largest absolute Gasteiger partial charge is 0.350 e. The second-order valence-electron chi connectivity index (χ2n) is 3.89. The second-order valence-corrected chi connectivity index (χ2v) is 3.89. The highest BCUT2D eigenvalue weighted by Gasteiger charge is 2.33. The summed E-state index contributed by atoms with van der Waals surface area (Å²) in [5.41, 5.74) is 0. The Kier molecular flexibility index (Phi) is 2.05. The average molecular weight is 168 g/mol. The summed E-state index contributed by atoms with van der Waals surface area (Å²) in [6, 6.07) is 0.943. The van der Waals surface area contributed by atoms with Crippen molar-refractivity contribution in [3.8, 4) is 0 Å². The number of piperazine rings is 1. The van der Waals surface area contributed by atoms with Crippen LogP contribution in [0, 0.1) is 0 Å². The maximum absolute atomic E-state index is 11.3. The van der Waals surface area contributed by atoms with Crippen LogP contribution >= 0.6 is 0 Å². The number of carbonyl (C=O) groups is 1. The standard InChI is InChI=1S/C9H16N2O/c1-6-9(12)11-8-5-3-2-4-7(8)10-6/h6-8,10H,2-5H2,1H3,(H,11,12). The first-order valence-electron chi connectivity index (χ1n) is 4.84.